The fourth-order valence-corrected chi connectivity index (χ4v) is 3.02. The van der Waals surface area contributed by atoms with Crippen LogP contribution in [0.5, 0.6) is 0 Å². The number of unbranched alkanes of at least 4 members (excludes halogenated alkanes) is 5. The number of hydrogen-bond acceptors (Lipinski definition) is 4. The van der Waals surface area contributed by atoms with E-state index in [-0.39, 0.29) is 6.04 Å². The van der Waals surface area contributed by atoms with Crippen LogP contribution in [-0.2, 0) is 14.2 Å². The highest BCUT2D eigenvalue weighted by atomic mass is 16.9. The van der Waals surface area contributed by atoms with Gasteiger partial charge in [0.15, 0.2) is 0 Å². The molecule has 0 aliphatic heterocycles. The Kier molecular flexibility index (Phi) is 12.3. The van der Waals surface area contributed by atoms with E-state index in [1.165, 1.54) is 38.5 Å². The molecule has 0 aromatic rings. The molecule has 0 aliphatic rings. The van der Waals surface area contributed by atoms with Crippen LogP contribution in [0.4, 0.5) is 0 Å². The molecule has 4 nitrogen and oxygen atoms in total. The maximum atomic E-state index is 5.59. The van der Waals surface area contributed by atoms with Crippen LogP contribution >= 0.6 is 0 Å². The maximum Gasteiger partial charge on any atom is 0.298 e. The third-order valence-corrected chi connectivity index (χ3v) is 4.35. The molecular formula is C17H37NO3. The van der Waals surface area contributed by atoms with Crippen LogP contribution in [0.2, 0.25) is 0 Å². The molecule has 0 saturated carbocycles. The van der Waals surface area contributed by atoms with E-state index in [0.717, 1.165) is 19.5 Å². The molecule has 0 saturated heterocycles. The molecule has 1 atom stereocenters. The number of ether oxygens (including phenoxy) is 3. The van der Waals surface area contributed by atoms with Crippen LogP contribution in [0.25, 0.3) is 0 Å². The average molecular weight is 303 g/mol. The van der Waals surface area contributed by atoms with E-state index in [2.05, 4.69) is 25.7 Å². The van der Waals surface area contributed by atoms with Crippen molar-refractivity contribution in [2.75, 3.05) is 34.4 Å². The number of methoxy groups -OCH3 is 3. The fourth-order valence-electron chi connectivity index (χ4n) is 3.02. The third-order valence-electron chi connectivity index (χ3n) is 4.35. The predicted octanol–water partition coefficient (Wildman–Crippen LogP) is 4.04. The lowest BCUT2D eigenvalue weighted by atomic mass is 10.0. The zero-order chi connectivity index (χ0) is 16.1. The van der Waals surface area contributed by atoms with Gasteiger partial charge < -0.3 is 14.2 Å². The lowest BCUT2D eigenvalue weighted by Gasteiger charge is -2.42. The maximum absolute atomic E-state index is 5.59. The van der Waals surface area contributed by atoms with E-state index in [4.69, 9.17) is 14.2 Å². The van der Waals surface area contributed by atoms with Gasteiger partial charge in [0.2, 0.25) is 0 Å². The van der Waals surface area contributed by atoms with Crippen LogP contribution in [0, 0.1) is 0 Å². The Labute approximate surface area is 132 Å². The molecule has 1 unspecified atom stereocenters. The van der Waals surface area contributed by atoms with Gasteiger partial charge in [-0.1, -0.05) is 59.3 Å². The monoisotopic (exact) mass is 303 g/mol. The summed E-state index contributed by atoms with van der Waals surface area (Å²) >= 11 is 0. The molecule has 0 bridgehead atoms. The number of rotatable bonds is 14. The van der Waals surface area contributed by atoms with Crippen molar-refractivity contribution < 1.29 is 14.2 Å². The van der Waals surface area contributed by atoms with Gasteiger partial charge in [-0.25, -0.2) is 0 Å². The zero-order valence-corrected chi connectivity index (χ0v) is 15.1. The Morgan fingerprint density at radius 1 is 0.762 bits per heavy atom. The predicted molar refractivity (Wildman–Crippen MR) is 88.5 cm³/mol. The Balaban J connectivity index is 4.59. The summed E-state index contributed by atoms with van der Waals surface area (Å²) in [5.74, 6) is -0.963. The van der Waals surface area contributed by atoms with Crippen molar-refractivity contribution in [3.63, 3.8) is 0 Å². The molecule has 0 fully saturated rings. The Hall–Kier alpha value is -0.160. The molecule has 0 N–H and O–H groups in total. The van der Waals surface area contributed by atoms with Crippen molar-refractivity contribution in [3.05, 3.63) is 0 Å². The van der Waals surface area contributed by atoms with Crippen LogP contribution in [0.15, 0.2) is 0 Å². The highest BCUT2D eigenvalue weighted by Gasteiger charge is 2.42. The molecule has 0 rings (SSSR count). The van der Waals surface area contributed by atoms with Gasteiger partial charge in [-0.05, 0) is 19.5 Å². The Bertz CT molecular complexity index is 220. The van der Waals surface area contributed by atoms with Crippen molar-refractivity contribution >= 4 is 0 Å². The Morgan fingerprint density at radius 3 is 1.67 bits per heavy atom. The third kappa shape index (κ3) is 6.64. The Morgan fingerprint density at radius 2 is 1.24 bits per heavy atom. The first-order valence-electron chi connectivity index (χ1n) is 8.55. The van der Waals surface area contributed by atoms with Gasteiger partial charge in [0.05, 0.1) is 6.04 Å². The zero-order valence-electron chi connectivity index (χ0n) is 15.1. The summed E-state index contributed by atoms with van der Waals surface area (Å²) in [6, 6.07) is 0.124. The van der Waals surface area contributed by atoms with Gasteiger partial charge in [0.1, 0.15) is 0 Å². The minimum absolute atomic E-state index is 0.124. The second-order valence-corrected chi connectivity index (χ2v) is 5.51. The summed E-state index contributed by atoms with van der Waals surface area (Å²) in [7, 11) is 4.97. The molecule has 4 heteroatoms. The van der Waals surface area contributed by atoms with E-state index >= 15 is 0 Å². The molecule has 21 heavy (non-hydrogen) atoms. The lowest BCUT2D eigenvalue weighted by molar-refractivity contribution is -0.378. The first-order chi connectivity index (χ1) is 10.2. The summed E-state index contributed by atoms with van der Waals surface area (Å²) in [6.45, 7) is 8.52. The summed E-state index contributed by atoms with van der Waals surface area (Å²) in [6.07, 6.45) is 8.78. The molecule has 0 aromatic carbocycles. The smallest absolute Gasteiger partial charge is 0.298 e. The molecular weight excluding hydrogens is 266 g/mol. The van der Waals surface area contributed by atoms with Crippen molar-refractivity contribution in [1.82, 2.24) is 4.90 Å². The molecule has 0 heterocycles. The van der Waals surface area contributed by atoms with E-state index in [9.17, 15) is 0 Å². The highest BCUT2D eigenvalue weighted by Crippen LogP contribution is 2.27. The average Bonchev–Trinajstić information content (AvgIpc) is 2.53. The largest absolute Gasteiger partial charge is 0.330 e. The number of nitrogens with zero attached hydrogens (tertiary/aromatic N) is 1. The normalized spacial score (nSPS) is 13.9. The molecule has 0 aromatic heterocycles. The first kappa shape index (κ1) is 20.8. The van der Waals surface area contributed by atoms with Gasteiger partial charge in [0.25, 0.3) is 5.97 Å². The minimum Gasteiger partial charge on any atom is -0.330 e. The molecule has 0 aliphatic carbocycles. The molecule has 128 valence electrons. The highest BCUT2D eigenvalue weighted by molar-refractivity contribution is 4.80. The van der Waals surface area contributed by atoms with Crippen LogP contribution < -0.4 is 0 Å². The molecule has 0 radical (unpaired) electrons. The molecule has 0 amide bonds. The summed E-state index contributed by atoms with van der Waals surface area (Å²) in [5.41, 5.74) is 0. The van der Waals surface area contributed by atoms with Crippen molar-refractivity contribution in [2.24, 2.45) is 0 Å². The van der Waals surface area contributed by atoms with Gasteiger partial charge in [-0.3, -0.25) is 4.90 Å². The SMILES string of the molecule is CCCCCCCCC(N(CC)CC)C(OC)(OC)OC. The van der Waals surface area contributed by atoms with E-state index in [0.29, 0.717) is 0 Å². The summed E-state index contributed by atoms with van der Waals surface area (Å²) < 4.78 is 16.8. The van der Waals surface area contributed by atoms with Crippen LogP contribution in [-0.4, -0.2) is 51.3 Å². The van der Waals surface area contributed by atoms with Crippen molar-refractivity contribution in [3.8, 4) is 0 Å². The summed E-state index contributed by atoms with van der Waals surface area (Å²) in [5, 5.41) is 0. The van der Waals surface area contributed by atoms with Crippen LogP contribution in [0.3, 0.4) is 0 Å². The van der Waals surface area contributed by atoms with Gasteiger partial charge >= 0.3 is 0 Å². The van der Waals surface area contributed by atoms with E-state index < -0.39 is 5.97 Å². The lowest BCUT2D eigenvalue weighted by Crippen LogP contribution is -2.56. The van der Waals surface area contributed by atoms with Gasteiger partial charge in [-0.15, -0.1) is 0 Å². The number of likely N-dealkylation sites (N-methyl/N-ethyl adjacent to an activating group) is 1. The second-order valence-electron chi connectivity index (χ2n) is 5.51. The molecule has 0 spiro atoms. The second kappa shape index (κ2) is 12.4. The standard InChI is InChI=1S/C17H37NO3/c1-7-10-11-12-13-14-15-16(18(8-2)9-3)17(19-4,20-5)21-6/h16H,7-15H2,1-6H3. The van der Waals surface area contributed by atoms with Gasteiger partial charge in [-0.2, -0.15) is 0 Å². The minimum atomic E-state index is -0.963. The van der Waals surface area contributed by atoms with E-state index in [1.54, 1.807) is 21.3 Å². The number of hydrogen-bond donors (Lipinski definition) is 0. The first-order valence-corrected chi connectivity index (χ1v) is 8.55. The van der Waals surface area contributed by atoms with Crippen molar-refractivity contribution in [2.45, 2.75) is 77.7 Å². The van der Waals surface area contributed by atoms with Crippen LogP contribution in [0.1, 0.15) is 65.7 Å². The fraction of sp³-hybridized carbons (Fsp3) is 1.00. The topological polar surface area (TPSA) is 30.9 Å². The van der Waals surface area contributed by atoms with E-state index in [1.807, 2.05) is 0 Å². The van der Waals surface area contributed by atoms with Gasteiger partial charge in [0, 0.05) is 21.3 Å². The van der Waals surface area contributed by atoms with Crippen molar-refractivity contribution in [1.29, 1.82) is 0 Å². The summed E-state index contributed by atoms with van der Waals surface area (Å²) in [4.78, 5) is 2.36. The quantitative estimate of drug-likeness (QED) is 0.358.